The summed E-state index contributed by atoms with van der Waals surface area (Å²) < 4.78 is 22.9. The highest BCUT2D eigenvalue weighted by molar-refractivity contribution is 5.36. The minimum absolute atomic E-state index is 0.396. The zero-order valence-electron chi connectivity index (χ0n) is 7.42. The van der Waals surface area contributed by atoms with Crippen LogP contribution in [0.2, 0.25) is 0 Å². The first kappa shape index (κ1) is 9.45. The van der Waals surface area contributed by atoms with E-state index in [1.54, 1.807) is 0 Å². The fourth-order valence-electron chi connectivity index (χ4n) is 1.21. The van der Waals surface area contributed by atoms with Crippen molar-refractivity contribution in [1.82, 2.24) is 0 Å². The second-order valence-corrected chi connectivity index (χ2v) is 2.84. The third-order valence-electron chi connectivity index (χ3n) is 1.90. The molecule has 0 N–H and O–H groups in total. The predicted molar refractivity (Wildman–Crippen MR) is 47.1 cm³/mol. The Kier molecular flexibility index (Phi) is 2.24. The SMILES string of the molecule is O=[N+]([O-])c1cc(C2OC=CO2)ccc1F. The maximum absolute atomic E-state index is 13.0. The van der Waals surface area contributed by atoms with Crippen molar-refractivity contribution in [2.75, 3.05) is 0 Å². The Morgan fingerprint density at radius 1 is 1.33 bits per heavy atom. The number of rotatable bonds is 2. The van der Waals surface area contributed by atoms with Crippen LogP contribution in [-0.4, -0.2) is 4.92 Å². The van der Waals surface area contributed by atoms with Gasteiger partial charge in [-0.2, -0.15) is 4.39 Å². The van der Waals surface area contributed by atoms with Crippen LogP contribution in [0.1, 0.15) is 11.9 Å². The van der Waals surface area contributed by atoms with Gasteiger partial charge in [-0.25, -0.2) is 0 Å². The lowest BCUT2D eigenvalue weighted by atomic mass is 10.2. The molecule has 0 spiro atoms. The summed E-state index contributed by atoms with van der Waals surface area (Å²) >= 11 is 0. The van der Waals surface area contributed by atoms with E-state index < -0.39 is 22.7 Å². The Bertz CT molecular complexity index is 424. The number of halogens is 1. The molecular weight excluding hydrogens is 205 g/mol. The van der Waals surface area contributed by atoms with Gasteiger partial charge in [0, 0.05) is 11.6 Å². The number of hydrogen-bond acceptors (Lipinski definition) is 4. The maximum Gasteiger partial charge on any atom is 0.305 e. The normalized spacial score (nSPS) is 14.7. The van der Waals surface area contributed by atoms with E-state index in [0.29, 0.717) is 5.56 Å². The monoisotopic (exact) mass is 211 g/mol. The van der Waals surface area contributed by atoms with Crippen LogP contribution >= 0.6 is 0 Å². The first-order valence-electron chi connectivity index (χ1n) is 4.08. The van der Waals surface area contributed by atoms with Crippen molar-refractivity contribution in [3.8, 4) is 0 Å². The summed E-state index contributed by atoms with van der Waals surface area (Å²) in [7, 11) is 0. The van der Waals surface area contributed by atoms with Crippen LogP contribution in [0.4, 0.5) is 10.1 Å². The molecule has 0 aliphatic carbocycles. The Labute approximate surface area is 83.9 Å². The van der Waals surface area contributed by atoms with Gasteiger partial charge in [-0.15, -0.1) is 0 Å². The number of benzene rings is 1. The summed E-state index contributed by atoms with van der Waals surface area (Å²) in [6, 6.07) is 3.48. The molecule has 1 heterocycles. The highest BCUT2D eigenvalue weighted by atomic mass is 19.1. The quantitative estimate of drug-likeness (QED) is 0.556. The molecular formula is C9H6FNO4. The maximum atomic E-state index is 13.0. The van der Waals surface area contributed by atoms with Gasteiger partial charge < -0.3 is 9.47 Å². The zero-order chi connectivity index (χ0) is 10.8. The van der Waals surface area contributed by atoms with Gasteiger partial charge in [0.2, 0.25) is 5.82 Å². The second kappa shape index (κ2) is 3.56. The molecule has 6 heteroatoms. The van der Waals surface area contributed by atoms with Crippen LogP contribution in [-0.2, 0) is 9.47 Å². The van der Waals surface area contributed by atoms with Crippen LogP contribution in [0.5, 0.6) is 0 Å². The average molecular weight is 211 g/mol. The molecule has 0 amide bonds. The Balaban J connectivity index is 2.33. The fraction of sp³-hybridized carbons (Fsp3) is 0.111. The molecule has 78 valence electrons. The minimum atomic E-state index is -0.880. The smallest absolute Gasteiger partial charge is 0.305 e. The largest absolute Gasteiger partial charge is 0.455 e. The van der Waals surface area contributed by atoms with E-state index in [4.69, 9.17) is 9.47 Å². The average Bonchev–Trinajstić information content (AvgIpc) is 2.71. The first-order valence-corrected chi connectivity index (χ1v) is 4.08. The minimum Gasteiger partial charge on any atom is -0.455 e. The zero-order valence-corrected chi connectivity index (χ0v) is 7.42. The lowest BCUT2D eigenvalue weighted by Gasteiger charge is -2.09. The molecule has 2 rings (SSSR count). The van der Waals surface area contributed by atoms with Gasteiger partial charge in [0.25, 0.3) is 6.29 Å². The summed E-state index contributed by atoms with van der Waals surface area (Å²) in [5.41, 5.74) is -0.195. The summed E-state index contributed by atoms with van der Waals surface area (Å²) in [5.74, 6) is -0.880. The molecule has 15 heavy (non-hydrogen) atoms. The van der Waals surface area contributed by atoms with E-state index in [9.17, 15) is 14.5 Å². The topological polar surface area (TPSA) is 61.6 Å². The molecule has 0 atom stereocenters. The van der Waals surface area contributed by atoms with E-state index in [2.05, 4.69) is 0 Å². The number of nitro groups is 1. The summed E-state index contributed by atoms with van der Waals surface area (Å²) in [5, 5.41) is 10.5. The van der Waals surface area contributed by atoms with Crippen LogP contribution in [0.25, 0.3) is 0 Å². The summed E-state index contributed by atoms with van der Waals surface area (Å²) in [6.07, 6.45) is 1.91. The van der Waals surface area contributed by atoms with Crippen molar-refractivity contribution < 1.29 is 18.8 Å². The molecule has 1 aromatic carbocycles. The van der Waals surface area contributed by atoms with E-state index in [1.807, 2.05) is 0 Å². The Hall–Kier alpha value is -2.11. The number of nitro benzene ring substituents is 1. The van der Waals surface area contributed by atoms with Gasteiger partial charge in [-0.05, 0) is 12.1 Å². The molecule has 0 saturated carbocycles. The second-order valence-electron chi connectivity index (χ2n) is 2.84. The lowest BCUT2D eigenvalue weighted by molar-refractivity contribution is -0.387. The summed E-state index contributed by atoms with van der Waals surface area (Å²) in [4.78, 5) is 9.67. The fourth-order valence-corrected chi connectivity index (χ4v) is 1.21. The molecule has 1 aromatic rings. The Morgan fingerprint density at radius 2 is 2.00 bits per heavy atom. The van der Waals surface area contributed by atoms with Crippen LogP contribution in [0.3, 0.4) is 0 Å². The molecule has 1 aliphatic heterocycles. The van der Waals surface area contributed by atoms with Crippen molar-refractivity contribution in [2.24, 2.45) is 0 Å². The van der Waals surface area contributed by atoms with Crippen LogP contribution < -0.4 is 0 Å². The molecule has 0 fully saturated rings. The number of ether oxygens (including phenoxy) is 2. The molecule has 0 unspecified atom stereocenters. The van der Waals surface area contributed by atoms with E-state index in [1.165, 1.54) is 18.6 Å². The standard InChI is InChI=1S/C9H6FNO4/c10-7-2-1-6(5-8(7)11(12)13)9-14-3-4-15-9/h1-5,9H. The van der Waals surface area contributed by atoms with Gasteiger partial charge in [0.05, 0.1) is 4.92 Å². The van der Waals surface area contributed by atoms with Crippen molar-refractivity contribution in [3.05, 3.63) is 52.2 Å². The van der Waals surface area contributed by atoms with E-state index in [-0.39, 0.29) is 0 Å². The molecule has 0 bridgehead atoms. The predicted octanol–water partition coefficient (Wildman–Crippen LogP) is 2.25. The van der Waals surface area contributed by atoms with Crippen LogP contribution in [0.15, 0.2) is 30.7 Å². The molecule has 0 saturated heterocycles. The van der Waals surface area contributed by atoms with Crippen LogP contribution in [0, 0.1) is 15.9 Å². The van der Waals surface area contributed by atoms with Gasteiger partial charge in [0.1, 0.15) is 12.5 Å². The highest BCUT2D eigenvalue weighted by Gasteiger charge is 2.21. The first-order chi connectivity index (χ1) is 7.18. The van der Waals surface area contributed by atoms with E-state index >= 15 is 0 Å². The van der Waals surface area contributed by atoms with Crippen molar-refractivity contribution in [1.29, 1.82) is 0 Å². The molecule has 0 radical (unpaired) electrons. The van der Waals surface area contributed by atoms with Crippen molar-refractivity contribution >= 4 is 5.69 Å². The third kappa shape index (κ3) is 1.74. The van der Waals surface area contributed by atoms with Gasteiger partial charge in [-0.3, -0.25) is 10.1 Å². The summed E-state index contributed by atoms with van der Waals surface area (Å²) in [6.45, 7) is 0. The number of nitrogens with zero attached hydrogens (tertiary/aromatic N) is 1. The third-order valence-corrected chi connectivity index (χ3v) is 1.90. The number of hydrogen-bond donors (Lipinski definition) is 0. The van der Waals surface area contributed by atoms with E-state index in [0.717, 1.165) is 12.1 Å². The van der Waals surface area contributed by atoms with Crippen molar-refractivity contribution in [2.45, 2.75) is 6.29 Å². The molecule has 0 aromatic heterocycles. The van der Waals surface area contributed by atoms with Crippen molar-refractivity contribution in [3.63, 3.8) is 0 Å². The molecule has 5 nitrogen and oxygen atoms in total. The van der Waals surface area contributed by atoms with Gasteiger partial charge >= 0.3 is 5.69 Å². The highest BCUT2D eigenvalue weighted by Crippen LogP contribution is 2.28. The molecule has 1 aliphatic rings. The lowest BCUT2D eigenvalue weighted by Crippen LogP contribution is -2.00. The Morgan fingerprint density at radius 3 is 2.60 bits per heavy atom. The van der Waals surface area contributed by atoms with Gasteiger partial charge in [0.15, 0.2) is 0 Å². The van der Waals surface area contributed by atoms with Gasteiger partial charge in [-0.1, -0.05) is 0 Å².